The molecule has 0 aliphatic rings. The van der Waals surface area contributed by atoms with Crippen LogP contribution in [0.5, 0.6) is 5.75 Å². The van der Waals surface area contributed by atoms with Crippen molar-refractivity contribution in [2.75, 3.05) is 25.5 Å². The number of hydrogen-bond donors (Lipinski definition) is 3. The number of benzene rings is 1. The number of aromatic nitrogens is 4. The lowest BCUT2D eigenvalue weighted by Crippen LogP contribution is -2.30. The van der Waals surface area contributed by atoms with E-state index in [1.165, 1.54) is 30.8 Å². The zero-order valence-electron chi connectivity index (χ0n) is 18.8. The highest BCUT2D eigenvalue weighted by Crippen LogP contribution is 2.37. The predicted molar refractivity (Wildman–Crippen MR) is 130 cm³/mol. The molecule has 4 aromatic rings. The SMILES string of the molecule is COc1ccc(-c2nc(C(=O)NCCNc3nc(Br)ns3)c([C@H](C)N)o2)c2ccc(C(F)(F)F)nc12. The molecule has 0 aliphatic heterocycles. The van der Waals surface area contributed by atoms with Crippen molar-refractivity contribution in [2.45, 2.75) is 19.1 Å². The number of methoxy groups -OCH3 is 1. The Bertz CT molecular complexity index is 1410. The van der Waals surface area contributed by atoms with Crippen LogP contribution in [0, 0.1) is 0 Å². The Balaban J connectivity index is 1.62. The van der Waals surface area contributed by atoms with Crippen molar-refractivity contribution in [3.05, 3.63) is 46.1 Å². The van der Waals surface area contributed by atoms with Crippen LogP contribution in [0.1, 0.15) is 34.9 Å². The Hall–Kier alpha value is -3.30. The summed E-state index contributed by atoms with van der Waals surface area (Å²) in [5.74, 6) is -0.231. The van der Waals surface area contributed by atoms with Crippen molar-refractivity contribution in [3.8, 4) is 17.2 Å². The van der Waals surface area contributed by atoms with Crippen LogP contribution in [0.4, 0.5) is 18.3 Å². The number of nitrogens with one attached hydrogen (secondary N) is 2. The number of oxazole rings is 1. The Kier molecular flexibility index (Phi) is 7.42. The lowest BCUT2D eigenvalue weighted by Gasteiger charge is -2.11. The molecule has 15 heteroatoms. The van der Waals surface area contributed by atoms with Gasteiger partial charge in [0.05, 0.1) is 13.2 Å². The maximum absolute atomic E-state index is 13.2. The Morgan fingerprint density at radius 1 is 1.22 bits per heavy atom. The molecule has 4 N–H and O–H groups in total. The average Bonchev–Trinajstić information content (AvgIpc) is 3.46. The summed E-state index contributed by atoms with van der Waals surface area (Å²) in [5, 5.41) is 6.64. The van der Waals surface area contributed by atoms with E-state index in [9.17, 15) is 18.0 Å². The van der Waals surface area contributed by atoms with Gasteiger partial charge in [-0.15, -0.1) is 0 Å². The summed E-state index contributed by atoms with van der Waals surface area (Å²) >= 11 is 4.33. The largest absolute Gasteiger partial charge is 0.494 e. The second kappa shape index (κ2) is 10.4. The molecule has 3 aromatic heterocycles. The Morgan fingerprint density at radius 2 is 2.00 bits per heavy atom. The number of rotatable bonds is 8. The van der Waals surface area contributed by atoms with Gasteiger partial charge in [-0.25, -0.2) is 9.97 Å². The summed E-state index contributed by atoms with van der Waals surface area (Å²) in [7, 11) is 1.33. The molecular formula is C21H19BrF3N7O3S. The van der Waals surface area contributed by atoms with Crippen LogP contribution < -0.4 is 21.1 Å². The molecule has 4 rings (SSSR count). The van der Waals surface area contributed by atoms with Crippen molar-refractivity contribution in [1.82, 2.24) is 24.6 Å². The number of fused-ring (bicyclic) bond motifs is 1. The van der Waals surface area contributed by atoms with E-state index in [-0.39, 0.29) is 35.2 Å². The first-order chi connectivity index (χ1) is 17.1. The summed E-state index contributed by atoms with van der Waals surface area (Å²) in [4.78, 5) is 25.0. The molecule has 0 unspecified atom stereocenters. The van der Waals surface area contributed by atoms with E-state index < -0.39 is 23.8 Å². The molecule has 0 radical (unpaired) electrons. The number of anilines is 1. The van der Waals surface area contributed by atoms with Crippen molar-refractivity contribution >= 4 is 49.4 Å². The fourth-order valence-corrected chi connectivity index (χ4v) is 4.33. The molecule has 0 fully saturated rings. The van der Waals surface area contributed by atoms with Crippen molar-refractivity contribution in [2.24, 2.45) is 5.73 Å². The molecule has 10 nitrogen and oxygen atoms in total. The number of nitrogens with zero attached hydrogens (tertiary/aromatic N) is 4. The first-order valence-corrected chi connectivity index (χ1v) is 12.0. The maximum atomic E-state index is 13.2. The van der Waals surface area contributed by atoms with E-state index in [0.29, 0.717) is 27.4 Å². The lowest BCUT2D eigenvalue weighted by molar-refractivity contribution is -0.140. The predicted octanol–water partition coefficient (Wildman–Crippen LogP) is 4.39. The molecule has 36 heavy (non-hydrogen) atoms. The van der Waals surface area contributed by atoms with Gasteiger partial charge in [0, 0.05) is 35.6 Å². The van der Waals surface area contributed by atoms with Crippen LogP contribution >= 0.6 is 27.5 Å². The van der Waals surface area contributed by atoms with Gasteiger partial charge in [0.15, 0.2) is 11.5 Å². The third kappa shape index (κ3) is 5.42. The van der Waals surface area contributed by atoms with Gasteiger partial charge in [-0.2, -0.15) is 22.5 Å². The minimum absolute atomic E-state index is 0.0125. The topological polar surface area (TPSA) is 141 Å². The molecule has 3 heterocycles. The van der Waals surface area contributed by atoms with Crippen molar-refractivity contribution < 1.29 is 27.1 Å². The normalized spacial score (nSPS) is 12.5. The zero-order valence-corrected chi connectivity index (χ0v) is 21.2. The van der Waals surface area contributed by atoms with Crippen molar-refractivity contribution in [1.29, 1.82) is 0 Å². The second-order valence-corrected chi connectivity index (χ2v) is 8.94. The number of hydrogen-bond acceptors (Lipinski definition) is 10. The van der Waals surface area contributed by atoms with Crippen LogP contribution in [0.25, 0.3) is 22.4 Å². The number of alkyl halides is 3. The van der Waals surface area contributed by atoms with Gasteiger partial charge >= 0.3 is 6.18 Å². The van der Waals surface area contributed by atoms with Gasteiger partial charge in [0.2, 0.25) is 15.8 Å². The number of pyridine rings is 1. The highest BCUT2D eigenvalue weighted by atomic mass is 79.9. The highest BCUT2D eigenvalue weighted by Gasteiger charge is 2.33. The first-order valence-electron chi connectivity index (χ1n) is 10.4. The van der Waals surface area contributed by atoms with Crippen LogP contribution in [-0.2, 0) is 6.18 Å². The van der Waals surface area contributed by atoms with Crippen LogP contribution in [-0.4, -0.2) is 45.4 Å². The standard InChI is InChI=1S/C21H19BrF3N7O3S/c1-9(26)16-15(17(33)27-7-8-28-20-31-19(22)32-36-20)30-18(35-16)11-3-5-12(34-2)14-10(11)4-6-13(29-14)21(23,24)25/h3-6,9H,7-8,26H2,1-2H3,(H,27,33)(H,28,31,32)/t9-/m0/s1. The van der Waals surface area contributed by atoms with E-state index >= 15 is 0 Å². The van der Waals surface area contributed by atoms with Crippen LogP contribution in [0.2, 0.25) is 0 Å². The minimum Gasteiger partial charge on any atom is -0.494 e. The van der Waals surface area contributed by atoms with Crippen LogP contribution in [0.15, 0.2) is 33.4 Å². The number of halogens is 4. The molecule has 0 saturated carbocycles. The smallest absolute Gasteiger partial charge is 0.433 e. The zero-order chi connectivity index (χ0) is 26.0. The number of ether oxygens (including phenoxy) is 1. The second-order valence-electron chi connectivity index (χ2n) is 7.48. The first kappa shape index (κ1) is 25.8. The number of nitrogens with two attached hydrogens (primary N) is 1. The summed E-state index contributed by atoms with van der Waals surface area (Å²) in [6.45, 7) is 2.24. The van der Waals surface area contributed by atoms with Crippen LogP contribution in [0.3, 0.4) is 0 Å². The van der Waals surface area contributed by atoms with Gasteiger partial charge in [-0.05, 0) is 47.1 Å². The highest BCUT2D eigenvalue weighted by molar-refractivity contribution is 9.10. The van der Waals surface area contributed by atoms with E-state index in [0.717, 1.165) is 6.07 Å². The van der Waals surface area contributed by atoms with Gasteiger partial charge in [-0.3, -0.25) is 4.79 Å². The van der Waals surface area contributed by atoms with Gasteiger partial charge in [0.25, 0.3) is 5.91 Å². The summed E-state index contributed by atoms with van der Waals surface area (Å²) in [5.41, 5.74) is 5.22. The minimum atomic E-state index is -4.63. The molecule has 0 saturated heterocycles. The van der Waals surface area contributed by atoms with Gasteiger partial charge < -0.3 is 25.5 Å². The summed E-state index contributed by atoms with van der Waals surface area (Å²) < 4.78 is 55.1. The molecule has 0 aliphatic carbocycles. The molecule has 0 bridgehead atoms. The fraction of sp³-hybridized carbons (Fsp3) is 0.286. The summed E-state index contributed by atoms with van der Waals surface area (Å²) in [6, 6.07) is 4.47. The number of amides is 1. The van der Waals surface area contributed by atoms with E-state index in [4.69, 9.17) is 14.9 Å². The Morgan fingerprint density at radius 3 is 2.64 bits per heavy atom. The quantitative estimate of drug-likeness (QED) is 0.256. The Labute approximate surface area is 214 Å². The molecule has 190 valence electrons. The number of carbonyl (C=O) groups is 1. The van der Waals surface area contributed by atoms with E-state index in [1.54, 1.807) is 13.0 Å². The summed E-state index contributed by atoms with van der Waals surface area (Å²) in [6.07, 6.45) is -4.63. The van der Waals surface area contributed by atoms with E-state index in [2.05, 4.69) is 45.9 Å². The monoisotopic (exact) mass is 585 g/mol. The van der Waals surface area contributed by atoms with Gasteiger partial charge in [-0.1, -0.05) is 0 Å². The molecule has 1 amide bonds. The van der Waals surface area contributed by atoms with Crippen molar-refractivity contribution in [3.63, 3.8) is 0 Å². The molecule has 1 aromatic carbocycles. The molecular weight excluding hydrogens is 567 g/mol. The average molecular weight is 586 g/mol. The molecule has 0 spiro atoms. The number of carbonyl (C=O) groups excluding carboxylic acids is 1. The molecule has 1 atom stereocenters. The lowest BCUT2D eigenvalue weighted by atomic mass is 10.1. The third-order valence-corrected chi connectivity index (χ3v) is 6.19. The van der Waals surface area contributed by atoms with Gasteiger partial charge in [0.1, 0.15) is 17.0 Å². The maximum Gasteiger partial charge on any atom is 0.433 e. The third-order valence-electron chi connectivity index (χ3n) is 4.93. The fourth-order valence-electron chi connectivity index (χ4n) is 3.33. The van der Waals surface area contributed by atoms with E-state index in [1.807, 2.05) is 0 Å².